The fourth-order valence-corrected chi connectivity index (χ4v) is 1.23. The number of carbonyl (C=O) groups is 2. The van der Waals surface area contributed by atoms with E-state index in [1.807, 2.05) is 0 Å². The quantitative estimate of drug-likeness (QED) is 0.715. The minimum Gasteiger partial charge on any atom is -0.478 e. The zero-order chi connectivity index (χ0) is 11.6. The van der Waals surface area contributed by atoms with Crippen molar-refractivity contribution >= 4 is 11.9 Å². The number of nitrogens with zero attached hydrogens (tertiary/aromatic N) is 1. The molecule has 1 amide bonds. The summed E-state index contributed by atoms with van der Waals surface area (Å²) in [4.78, 5) is 21.7. The molecule has 0 aromatic carbocycles. The lowest BCUT2D eigenvalue weighted by Gasteiger charge is -2.25. The molecular weight excluding hydrogens is 215 g/mol. The second kappa shape index (κ2) is 3.92. The highest BCUT2D eigenvalue weighted by atomic mass is 19.4. The van der Waals surface area contributed by atoms with Crippen LogP contribution in [-0.2, 0) is 9.59 Å². The minimum atomic E-state index is -4.89. The molecule has 1 N–H and O–H groups in total. The van der Waals surface area contributed by atoms with Gasteiger partial charge in [-0.05, 0) is 6.42 Å². The van der Waals surface area contributed by atoms with Crippen LogP contribution in [0.25, 0.3) is 0 Å². The van der Waals surface area contributed by atoms with Gasteiger partial charge in [0.25, 0.3) is 0 Å². The van der Waals surface area contributed by atoms with Gasteiger partial charge < -0.3 is 10.0 Å². The van der Waals surface area contributed by atoms with E-state index in [0.717, 1.165) is 6.08 Å². The average Bonchev–Trinajstić information content (AvgIpc) is 2.15. The highest BCUT2D eigenvalue weighted by Crippen LogP contribution is 2.21. The van der Waals surface area contributed by atoms with Crippen LogP contribution < -0.4 is 0 Å². The van der Waals surface area contributed by atoms with Gasteiger partial charge in [-0.25, -0.2) is 4.79 Å². The molecule has 0 aromatic rings. The molecule has 0 fully saturated rings. The first-order valence-electron chi connectivity index (χ1n) is 4.11. The molecule has 0 spiro atoms. The van der Waals surface area contributed by atoms with Crippen LogP contribution in [0.3, 0.4) is 0 Å². The molecule has 15 heavy (non-hydrogen) atoms. The van der Waals surface area contributed by atoms with E-state index in [1.165, 1.54) is 0 Å². The normalized spacial score (nSPS) is 17.3. The third-order valence-corrected chi connectivity index (χ3v) is 2.01. The van der Waals surface area contributed by atoms with Crippen molar-refractivity contribution < 1.29 is 27.9 Å². The van der Waals surface area contributed by atoms with E-state index in [1.54, 1.807) is 0 Å². The van der Waals surface area contributed by atoms with Crippen LogP contribution in [0.15, 0.2) is 11.6 Å². The molecule has 1 rings (SSSR count). The molecule has 0 saturated carbocycles. The van der Waals surface area contributed by atoms with Gasteiger partial charge in [0, 0.05) is 18.7 Å². The van der Waals surface area contributed by atoms with E-state index in [9.17, 15) is 22.8 Å². The van der Waals surface area contributed by atoms with Crippen LogP contribution in [0.4, 0.5) is 13.2 Å². The fraction of sp³-hybridized carbons (Fsp3) is 0.500. The topological polar surface area (TPSA) is 57.6 Å². The molecule has 0 bridgehead atoms. The van der Waals surface area contributed by atoms with Crippen LogP contribution in [0, 0.1) is 0 Å². The van der Waals surface area contributed by atoms with Crippen LogP contribution in [-0.4, -0.2) is 41.1 Å². The Morgan fingerprint density at radius 3 is 2.33 bits per heavy atom. The van der Waals surface area contributed by atoms with Crippen molar-refractivity contribution in [2.75, 3.05) is 13.1 Å². The monoisotopic (exact) mass is 223 g/mol. The second-order valence-electron chi connectivity index (χ2n) is 3.03. The highest BCUT2D eigenvalue weighted by Gasteiger charge is 2.42. The van der Waals surface area contributed by atoms with Gasteiger partial charge in [-0.3, -0.25) is 4.79 Å². The summed E-state index contributed by atoms with van der Waals surface area (Å²) in [5.41, 5.74) is 0.0428. The zero-order valence-corrected chi connectivity index (χ0v) is 7.54. The number of hydrogen-bond acceptors (Lipinski definition) is 2. The molecule has 1 aliphatic heterocycles. The molecule has 0 saturated heterocycles. The molecule has 7 heteroatoms. The Kier molecular flexibility index (Phi) is 3.01. The summed E-state index contributed by atoms with van der Waals surface area (Å²) in [6, 6.07) is 0. The van der Waals surface area contributed by atoms with E-state index in [0.29, 0.717) is 4.90 Å². The zero-order valence-electron chi connectivity index (χ0n) is 7.54. The third-order valence-electron chi connectivity index (χ3n) is 2.01. The van der Waals surface area contributed by atoms with E-state index in [2.05, 4.69) is 0 Å². The molecule has 0 atom stereocenters. The third kappa shape index (κ3) is 2.71. The van der Waals surface area contributed by atoms with Crippen LogP contribution in [0.5, 0.6) is 0 Å². The summed E-state index contributed by atoms with van der Waals surface area (Å²) in [7, 11) is 0. The van der Waals surface area contributed by atoms with Gasteiger partial charge >= 0.3 is 18.1 Å². The minimum absolute atomic E-state index is 0.0428. The summed E-state index contributed by atoms with van der Waals surface area (Å²) < 4.78 is 35.9. The summed E-state index contributed by atoms with van der Waals surface area (Å²) in [6.07, 6.45) is -3.83. The van der Waals surface area contributed by atoms with Gasteiger partial charge in [-0.2, -0.15) is 13.2 Å². The maximum atomic E-state index is 12.0. The maximum absolute atomic E-state index is 12.0. The number of aliphatic carboxylic acids is 1. The average molecular weight is 223 g/mol. The smallest absolute Gasteiger partial charge is 0.471 e. The Balaban J connectivity index is 2.66. The lowest BCUT2D eigenvalue weighted by molar-refractivity contribution is -0.185. The number of halogens is 3. The largest absolute Gasteiger partial charge is 0.478 e. The lowest BCUT2D eigenvalue weighted by Crippen LogP contribution is -2.43. The molecular formula is C8H8F3NO3. The van der Waals surface area contributed by atoms with Crippen LogP contribution >= 0.6 is 0 Å². The predicted octanol–water partition coefficient (Wildman–Crippen LogP) is 0.792. The fourth-order valence-electron chi connectivity index (χ4n) is 1.23. The van der Waals surface area contributed by atoms with E-state index < -0.39 is 18.1 Å². The van der Waals surface area contributed by atoms with Crippen molar-refractivity contribution in [3.05, 3.63) is 11.6 Å². The van der Waals surface area contributed by atoms with Crippen molar-refractivity contribution in [1.29, 1.82) is 0 Å². The maximum Gasteiger partial charge on any atom is 0.471 e. The number of amides is 1. The van der Waals surface area contributed by atoms with Crippen molar-refractivity contribution in [2.24, 2.45) is 0 Å². The summed E-state index contributed by atoms with van der Waals surface area (Å²) >= 11 is 0. The predicted molar refractivity (Wildman–Crippen MR) is 43.0 cm³/mol. The number of rotatable bonds is 1. The number of carboxylic acid groups (broad SMARTS) is 1. The molecule has 4 nitrogen and oxygen atoms in total. The molecule has 0 aromatic heterocycles. The molecule has 0 radical (unpaired) electrons. The Labute approximate surface area is 83.0 Å². The van der Waals surface area contributed by atoms with E-state index in [4.69, 9.17) is 5.11 Å². The molecule has 0 unspecified atom stereocenters. The SMILES string of the molecule is O=C(O)C1=CCN(C(=O)C(F)(F)F)CC1. The Morgan fingerprint density at radius 1 is 1.40 bits per heavy atom. The molecule has 1 heterocycles. The van der Waals surface area contributed by atoms with Crippen LogP contribution in [0.2, 0.25) is 0 Å². The molecule has 0 aliphatic carbocycles. The Bertz CT molecular complexity index is 322. The standard InChI is InChI=1S/C8H8F3NO3/c9-8(10,11)7(15)12-3-1-5(2-4-12)6(13)14/h1H,2-4H2,(H,13,14). The van der Waals surface area contributed by atoms with E-state index in [-0.39, 0.29) is 25.1 Å². The summed E-state index contributed by atoms with van der Waals surface area (Å²) in [5.74, 6) is -3.09. The number of carbonyl (C=O) groups excluding carboxylic acids is 1. The van der Waals surface area contributed by atoms with Gasteiger partial charge in [0.1, 0.15) is 0 Å². The van der Waals surface area contributed by atoms with Gasteiger partial charge in [-0.15, -0.1) is 0 Å². The molecule has 1 aliphatic rings. The van der Waals surface area contributed by atoms with Gasteiger partial charge in [0.05, 0.1) is 0 Å². The Morgan fingerprint density at radius 2 is 2.00 bits per heavy atom. The molecule has 84 valence electrons. The van der Waals surface area contributed by atoms with Crippen LogP contribution in [0.1, 0.15) is 6.42 Å². The van der Waals surface area contributed by atoms with E-state index >= 15 is 0 Å². The van der Waals surface area contributed by atoms with Crippen molar-refractivity contribution in [1.82, 2.24) is 4.90 Å². The first-order chi connectivity index (χ1) is 6.82. The summed E-state index contributed by atoms with van der Waals surface area (Å²) in [6.45, 7) is -0.517. The number of hydrogen-bond donors (Lipinski definition) is 1. The summed E-state index contributed by atoms with van der Waals surface area (Å²) in [5, 5.41) is 8.53. The number of carboxylic acids is 1. The van der Waals surface area contributed by atoms with Gasteiger partial charge in [0.15, 0.2) is 0 Å². The van der Waals surface area contributed by atoms with Crippen molar-refractivity contribution in [3.8, 4) is 0 Å². The Hall–Kier alpha value is -1.53. The highest BCUT2D eigenvalue weighted by molar-refractivity contribution is 5.88. The second-order valence-corrected chi connectivity index (χ2v) is 3.03. The van der Waals surface area contributed by atoms with Crippen molar-refractivity contribution in [3.63, 3.8) is 0 Å². The van der Waals surface area contributed by atoms with Crippen molar-refractivity contribution in [2.45, 2.75) is 12.6 Å². The van der Waals surface area contributed by atoms with Gasteiger partial charge in [0.2, 0.25) is 0 Å². The van der Waals surface area contributed by atoms with Gasteiger partial charge in [-0.1, -0.05) is 6.08 Å². The first kappa shape index (κ1) is 11.5. The number of alkyl halides is 3. The lowest BCUT2D eigenvalue weighted by atomic mass is 10.1. The first-order valence-corrected chi connectivity index (χ1v) is 4.11.